The van der Waals surface area contributed by atoms with E-state index in [1.807, 2.05) is 30.3 Å². The van der Waals surface area contributed by atoms with Crippen LogP contribution >= 0.6 is 0 Å². The summed E-state index contributed by atoms with van der Waals surface area (Å²) in [5.41, 5.74) is 3.34. The van der Waals surface area contributed by atoms with Crippen LogP contribution in [0.15, 0.2) is 72.8 Å². The Kier molecular flexibility index (Phi) is 9.61. The lowest BCUT2D eigenvalue weighted by atomic mass is 10.0. The Hall–Kier alpha value is -3.06. The van der Waals surface area contributed by atoms with E-state index in [-0.39, 0.29) is 0 Å². The monoisotopic (exact) mass is 490 g/mol. The molecule has 3 aromatic rings. The van der Waals surface area contributed by atoms with E-state index in [0.717, 1.165) is 56.9 Å². The van der Waals surface area contributed by atoms with Crippen molar-refractivity contribution in [1.29, 1.82) is 0 Å². The van der Waals surface area contributed by atoms with Crippen LogP contribution in [-0.4, -0.2) is 75.0 Å². The Balaban J connectivity index is 1.18. The molecule has 1 unspecified atom stereocenters. The molecule has 192 valence electrons. The van der Waals surface area contributed by atoms with Crippen molar-refractivity contribution in [2.45, 2.75) is 18.9 Å². The van der Waals surface area contributed by atoms with E-state index in [2.05, 4.69) is 52.3 Å². The lowest BCUT2D eigenvalue weighted by Gasteiger charge is -2.35. The fourth-order valence-electron chi connectivity index (χ4n) is 4.64. The topological polar surface area (TPSA) is 54.4 Å². The summed E-state index contributed by atoms with van der Waals surface area (Å²) in [5.74, 6) is 2.37. The zero-order valence-electron chi connectivity index (χ0n) is 21.4. The first-order valence-corrected chi connectivity index (χ1v) is 12.7. The first kappa shape index (κ1) is 26.0. The maximum absolute atomic E-state index is 10.8. The molecule has 1 N–H and O–H groups in total. The molecule has 1 saturated heterocycles. The standard InChI is InChI=1S/C30H38N2O4/c1-34-27-20-26(21-28(22-27)35-2)29(33)23-32-16-14-31(15-17-32)13-8-18-36-30-12-7-6-11-25(30)19-24-9-4-3-5-10-24/h3-7,9-12,20-22,29,33H,8,13-19,23H2,1-2H3. The summed E-state index contributed by atoms with van der Waals surface area (Å²) in [6.07, 6.45) is 1.30. The number of aliphatic hydroxyl groups is 1. The maximum atomic E-state index is 10.8. The highest BCUT2D eigenvalue weighted by atomic mass is 16.5. The first-order valence-electron chi connectivity index (χ1n) is 12.7. The Morgan fingerprint density at radius 1 is 0.806 bits per heavy atom. The number of β-amino-alcohol motifs (C(OH)–C–C–N with tert-alkyl or cyclic N) is 1. The lowest BCUT2D eigenvalue weighted by Crippen LogP contribution is -2.47. The highest BCUT2D eigenvalue weighted by molar-refractivity contribution is 5.39. The van der Waals surface area contributed by atoms with Gasteiger partial charge in [-0.25, -0.2) is 0 Å². The molecule has 3 aromatic carbocycles. The minimum atomic E-state index is -0.579. The van der Waals surface area contributed by atoms with Crippen molar-refractivity contribution in [3.05, 3.63) is 89.5 Å². The van der Waals surface area contributed by atoms with Crippen LogP contribution in [0, 0.1) is 0 Å². The van der Waals surface area contributed by atoms with Gasteiger partial charge in [0, 0.05) is 51.8 Å². The predicted molar refractivity (Wildman–Crippen MR) is 143 cm³/mol. The molecule has 6 nitrogen and oxygen atoms in total. The Labute approximate surface area is 215 Å². The highest BCUT2D eigenvalue weighted by Crippen LogP contribution is 2.27. The summed E-state index contributed by atoms with van der Waals surface area (Å²) in [7, 11) is 3.25. The van der Waals surface area contributed by atoms with Crippen molar-refractivity contribution >= 4 is 0 Å². The zero-order chi connectivity index (χ0) is 25.2. The van der Waals surface area contributed by atoms with Crippen LogP contribution in [0.4, 0.5) is 0 Å². The number of benzene rings is 3. The molecule has 0 bridgehead atoms. The zero-order valence-corrected chi connectivity index (χ0v) is 21.4. The third-order valence-corrected chi connectivity index (χ3v) is 6.74. The fraction of sp³-hybridized carbons (Fsp3) is 0.400. The first-order chi connectivity index (χ1) is 17.6. The van der Waals surface area contributed by atoms with E-state index in [9.17, 15) is 5.11 Å². The summed E-state index contributed by atoms with van der Waals surface area (Å²) in [4.78, 5) is 4.81. The van der Waals surface area contributed by atoms with Crippen LogP contribution in [0.5, 0.6) is 17.2 Å². The van der Waals surface area contributed by atoms with E-state index in [4.69, 9.17) is 14.2 Å². The summed E-state index contributed by atoms with van der Waals surface area (Å²) in [6.45, 7) is 6.22. The molecule has 1 fully saturated rings. The quantitative estimate of drug-likeness (QED) is 0.380. The van der Waals surface area contributed by atoms with Gasteiger partial charge in [-0.15, -0.1) is 0 Å². The molecule has 36 heavy (non-hydrogen) atoms. The average Bonchev–Trinajstić information content (AvgIpc) is 2.93. The second kappa shape index (κ2) is 13.3. The molecule has 6 heteroatoms. The number of hydrogen-bond donors (Lipinski definition) is 1. The number of aliphatic hydroxyl groups excluding tert-OH is 1. The van der Waals surface area contributed by atoms with Crippen molar-refractivity contribution in [3.8, 4) is 17.2 Å². The normalized spacial score (nSPS) is 15.4. The van der Waals surface area contributed by atoms with Gasteiger partial charge in [0.1, 0.15) is 17.2 Å². The number of hydrogen-bond acceptors (Lipinski definition) is 6. The number of rotatable bonds is 12. The van der Waals surface area contributed by atoms with Gasteiger partial charge in [-0.05, 0) is 41.3 Å². The Morgan fingerprint density at radius 2 is 1.44 bits per heavy atom. The smallest absolute Gasteiger partial charge is 0.122 e. The highest BCUT2D eigenvalue weighted by Gasteiger charge is 2.20. The van der Waals surface area contributed by atoms with E-state index in [1.165, 1.54) is 11.1 Å². The molecule has 4 rings (SSSR count). The van der Waals surface area contributed by atoms with Crippen molar-refractivity contribution in [3.63, 3.8) is 0 Å². The molecule has 0 spiro atoms. The molecule has 0 amide bonds. The number of para-hydroxylation sites is 1. The van der Waals surface area contributed by atoms with E-state index >= 15 is 0 Å². The molecule has 1 atom stereocenters. The third kappa shape index (κ3) is 7.47. The third-order valence-electron chi connectivity index (χ3n) is 6.74. The van der Waals surface area contributed by atoms with E-state index in [1.54, 1.807) is 14.2 Å². The summed E-state index contributed by atoms with van der Waals surface area (Å²) in [6, 6.07) is 24.4. The summed E-state index contributed by atoms with van der Waals surface area (Å²) < 4.78 is 16.8. The van der Waals surface area contributed by atoms with Gasteiger partial charge in [0.15, 0.2) is 0 Å². The lowest BCUT2D eigenvalue weighted by molar-refractivity contribution is 0.0706. The minimum Gasteiger partial charge on any atom is -0.497 e. The SMILES string of the molecule is COc1cc(OC)cc(C(O)CN2CCN(CCCOc3ccccc3Cc3ccccc3)CC2)c1. The van der Waals surface area contributed by atoms with Crippen molar-refractivity contribution < 1.29 is 19.3 Å². The summed E-state index contributed by atoms with van der Waals surface area (Å²) >= 11 is 0. The van der Waals surface area contributed by atoms with Gasteiger partial charge < -0.3 is 24.2 Å². The molecule has 0 radical (unpaired) electrons. The second-order valence-electron chi connectivity index (χ2n) is 9.28. The van der Waals surface area contributed by atoms with Gasteiger partial charge in [0.05, 0.1) is 26.9 Å². The van der Waals surface area contributed by atoms with Crippen molar-refractivity contribution in [2.75, 3.05) is 60.1 Å². The number of nitrogens with zero attached hydrogens (tertiary/aromatic N) is 2. The van der Waals surface area contributed by atoms with Crippen LogP contribution < -0.4 is 14.2 Å². The van der Waals surface area contributed by atoms with Gasteiger partial charge in [0.2, 0.25) is 0 Å². The van der Waals surface area contributed by atoms with E-state index < -0.39 is 6.10 Å². The second-order valence-corrected chi connectivity index (χ2v) is 9.28. The van der Waals surface area contributed by atoms with Crippen LogP contribution in [-0.2, 0) is 6.42 Å². The predicted octanol–water partition coefficient (Wildman–Crippen LogP) is 4.41. The average molecular weight is 491 g/mol. The minimum absolute atomic E-state index is 0.579. The van der Waals surface area contributed by atoms with Crippen LogP contribution in [0.2, 0.25) is 0 Å². The van der Waals surface area contributed by atoms with E-state index in [0.29, 0.717) is 24.7 Å². The molecular formula is C30H38N2O4. The van der Waals surface area contributed by atoms with Crippen molar-refractivity contribution in [1.82, 2.24) is 9.80 Å². The van der Waals surface area contributed by atoms with Crippen LogP contribution in [0.25, 0.3) is 0 Å². The molecule has 0 saturated carbocycles. The maximum Gasteiger partial charge on any atom is 0.122 e. The Bertz CT molecular complexity index is 1050. The van der Waals surface area contributed by atoms with Gasteiger partial charge in [0.25, 0.3) is 0 Å². The molecule has 1 heterocycles. The molecular weight excluding hydrogens is 452 g/mol. The largest absolute Gasteiger partial charge is 0.497 e. The van der Waals surface area contributed by atoms with Gasteiger partial charge in [-0.3, -0.25) is 4.90 Å². The van der Waals surface area contributed by atoms with Crippen LogP contribution in [0.1, 0.15) is 29.2 Å². The van der Waals surface area contributed by atoms with Crippen LogP contribution in [0.3, 0.4) is 0 Å². The Morgan fingerprint density at radius 3 is 2.14 bits per heavy atom. The van der Waals surface area contributed by atoms with Gasteiger partial charge in [-0.1, -0.05) is 48.5 Å². The molecule has 1 aliphatic heterocycles. The van der Waals surface area contributed by atoms with Gasteiger partial charge in [-0.2, -0.15) is 0 Å². The molecule has 0 aromatic heterocycles. The van der Waals surface area contributed by atoms with Gasteiger partial charge >= 0.3 is 0 Å². The number of piperazine rings is 1. The molecule has 1 aliphatic rings. The number of ether oxygens (including phenoxy) is 3. The summed E-state index contributed by atoms with van der Waals surface area (Å²) in [5, 5.41) is 10.8. The number of methoxy groups -OCH3 is 2. The fourth-order valence-corrected chi connectivity index (χ4v) is 4.64. The molecule has 0 aliphatic carbocycles. The van der Waals surface area contributed by atoms with Crippen molar-refractivity contribution in [2.24, 2.45) is 0 Å².